The van der Waals surface area contributed by atoms with Crippen molar-refractivity contribution in [3.63, 3.8) is 0 Å². The summed E-state index contributed by atoms with van der Waals surface area (Å²) >= 11 is 0. The molecule has 1 N–H and O–H groups in total. The normalized spacial score (nSPS) is 17.8. The van der Waals surface area contributed by atoms with Gasteiger partial charge in [0.1, 0.15) is 0 Å². The van der Waals surface area contributed by atoms with Gasteiger partial charge in [-0.2, -0.15) is 0 Å². The molecule has 4 rings (SSSR count). The quantitative estimate of drug-likeness (QED) is 0.616. The SMILES string of the molecule is COc1cccc([C@H]2CN(C(=O)c3ccco3)C[C@@H]2C(=O)NCc2ccccc2)c1OC. The molecule has 2 amide bonds. The van der Waals surface area contributed by atoms with Crippen molar-refractivity contribution in [3.05, 3.63) is 83.8 Å². The Balaban J connectivity index is 1.62. The first kappa shape index (κ1) is 21.5. The van der Waals surface area contributed by atoms with Gasteiger partial charge in [-0.25, -0.2) is 0 Å². The summed E-state index contributed by atoms with van der Waals surface area (Å²) in [6.07, 6.45) is 1.47. The topological polar surface area (TPSA) is 81.0 Å². The van der Waals surface area contributed by atoms with Gasteiger partial charge in [-0.15, -0.1) is 0 Å². The van der Waals surface area contributed by atoms with E-state index < -0.39 is 5.92 Å². The number of methoxy groups -OCH3 is 2. The number of ether oxygens (including phenoxy) is 2. The highest BCUT2D eigenvalue weighted by molar-refractivity contribution is 5.93. The molecule has 0 unspecified atom stereocenters. The summed E-state index contributed by atoms with van der Waals surface area (Å²) < 4.78 is 16.4. The van der Waals surface area contributed by atoms with Crippen LogP contribution in [0.1, 0.15) is 27.6 Å². The number of nitrogens with zero attached hydrogens (tertiary/aromatic N) is 1. The zero-order chi connectivity index (χ0) is 22.5. The van der Waals surface area contributed by atoms with Crippen LogP contribution in [0.25, 0.3) is 0 Å². The number of amides is 2. The smallest absolute Gasteiger partial charge is 0.289 e. The Labute approximate surface area is 186 Å². The molecule has 7 nitrogen and oxygen atoms in total. The van der Waals surface area contributed by atoms with Crippen LogP contribution in [-0.2, 0) is 11.3 Å². The molecule has 1 fully saturated rings. The molecular weight excluding hydrogens is 408 g/mol. The van der Waals surface area contributed by atoms with Crippen LogP contribution in [0.4, 0.5) is 0 Å². The molecule has 0 spiro atoms. The van der Waals surface area contributed by atoms with Crippen molar-refractivity contribution in [2.24, 2.45) is 5.92 Å². The predicted octanol–water partition coefficient (Wildman–Crippen LogP) is 3.47. The molecule has 1 aliphatic heterocycles. The fraction of sp³-hybridized carbons (Fsp3) is 0.280. The van der Waals surface area contributed by atoms with E-state index in [0.29, 0.717) is 24.6 Å². The second-order valence-electron chi connectivity index (χ2n) is 7.69. The first-order valence-electron chi connectivity index (χ1n) is 10.5. The molecule has 2 atom stereocenters. The summed E-state index contributed by atoms with van der Waals surface area (Å²) in [7, 11) is 3.15. The first-order chi connectivity index (χ1) is 15.6. The molecule has 0 radical (unpaired) electrons. The maximum atomic E-state index is 13.3. The average molecular weight is 434 g/mol. The molecule has 1 aliphatic rings. The number of para-hydroxylation sites is 1. The predicted molar refractivity (Wildman–Crippen MR) is 119 cm³/mol. The largest absolute Gasteiger partial charge is 0.493 e. The van der Waals surface area contributed by atoms with Crippen LogP contribution in [0, 0.1) is 5.92 Å². The van der Waals surface area contributed by atoms with Gasteiger partial charge >= 0.3 is 0 Å². The molecule has 2 heterocycles. The van der Waals surface area contributed by atoms with Gasteiger partial charge in [-0.1, -0.05) is 42.5 Å². The lowest BCUT2D eigenvalue weighted by molar-refractivity contribution is -0.125. The zero-order valence-electron chi connectivity index (χ0n) is 18.1. The number of carbonyl (C=O) groups excluding carboxylic acids is 2. The van der Waals surface area contributed by atoms with E-state index in [2.05, 4.69) is 5.32 Å². The second-order valence-corrected chi connectivity index (χ2v) is 7.69. The molecule has 2 aromatic carbocycles. The molecule has 32 heavy (non-hydrogen) atoms. The summed E-state index contributed by atoms with van der Waals surface area (Å²) in [4.78, 5) is 27.9. The molecule has 1 aromatic heterocycles. The molecule has 7 heteroatoms. The number of nitrogens with one attached hydrogen (secondary N) is 1. The van der Waals surface area contributed by atoms with Crippen LogP contribution in [0.15, 0.2) is 71.3 Å². The summed E-state index contributed by atoms with van der Waals surface area (Å²) in [5.41, 5.74) is 1.85. The number of rotatable bonds is 7. The standard InChI is InChI=1S/C25H26N2O5/c1-30-21-11-6-10-18(23(21)31-2)19-15-27(25(29)22-12-7-13-32-22)16-20(19)24(28)26-14-17-8-4-3-5-9-17/h3-13,19-20H,14-16H2,1-2H3,(H,26,28)/t19-,20+/m1/s1. The van der Waals surface area contributed by atoms with Gasteiger partial charge < -0.3 is 24.1 Å². The van der Waals surface area contributed by atoms with E-state index in [1.807, 2.05) is 48.5 Å². The van der Waals surface area contributed by atoms with Gasteiger partial charge in [0, 0.05) is 31.1 Å². The summed E-state index contributed by atoms with van der Waals surface area (Å²) in [6.45, 7) is 1.07. The molecule has 1 saturated heterocycles. The minimum absolute atomic E-state index is 0.113. The number of carbonyl (C=O) groups is 2. The van der Waals surface area contributed by atoms with Crippen molar-refractivity contribution < 1.29 is 23.5 Å². The van der Waals surface area contributed by atoms with Crippen molar-refractivity contribution in [2.45, 2.75) is 12.5 Å². The Hall–Kier alpha value is -3.74. The number of likely N-dealkylation sites (tertiary alicyclic amines) is 1. The van der Waals surface area contributed by atoms with Gasteiger partial charge in [-0.3, -0.25) is 9.59 Å². The number of benzene rings is 2. The van der Waals surface area contributed by atoms with Gasteiger partial charge in [-0.05, 0) is 23.8 Å². The lowest BCUT2D eigenvalue weighted by Crippen LogP contribution is -2.35. The third-order valence-electron chi connectivity index (χ3n) is 5.82. The van der Waals surface area contributed by atoms with E-state index in [-0.39, 0.29) is 30.0 Å². The van der Waals surface area contributed by atoms with E-state index in [1.165, 1.54) is 6.26 Å². The maximum Gasteiger partial charge on any atom is 0.289 e. The van der Waals surface area contributed by atoms with E-state index in [1.54, 1.807) is 31.3 Å². The highest BCUT2D eigenvalue weighted by Crippen LogP contribution is 2.42. The van der Waals surface area contributed by atoms with Crippen molar-refractivity contribution in [3.8, 4) is 11.5 Å². The van der Waals surface area contributed by atoms with Crippen LogP contribution in [-0.4, -0.2) is 44.0 Å². The Bertz CT molecular complexity index is 1070. The van der Waals surface area contributed by atoms with Gasteiger partial charge in [0.2, 0.25) is 5.91 Å². The van der Waals surface area contributed by atoms with Crippen LogP contribution in [0.5, 0.6) is 11.5 Å². The summed E-state index contributed by atoms with van der Waals surface area (Å²) in [5.74, 6) is 0.371. The van der Waals surface area contributed by atoms with Crippen LogP contribution < -0.4 is 14.8 Å². The van der Waals surface area contributed by atoms with Crippen LogP contribution in [0.2, 0.25) is 0 Å². The molecule has 0 saturated carbocycles. The highest BCUT2D eigenvalue weighted by Gasteiger charge is 2.42. The van der Waals surface area contributed by atoms with E-state index in [9.17, 15) is 9.59 Å². The zero-order valence-corrected chi connectivity index (χ0v) is 18.1. The lowest BCUT2D eigenvalue weighted by Gasteiger charge is -2.21. The second kappa shape index (κ2) is 9.60. The third kappa shape index (κ3) is 4.32. The molecule has 166 valence electrons. The highest BCUT2D eigenvalue weighted by atomic mass is 16.5. The Morgan fingerprint density at radius 1 is 1.00 bits per heavy atom. The lowest BCUT2D eigenvalue weighted by atomic mass is 9.87. The van der Waals surface area contributed by atoms with Crippen molar-refractivity contribution in [2.75, 3.05) is 27.3 Å². The molecule has 0 bridgehead atoms. The van der Waals surface area contributed by atoms with Crippen LogP contribution >= 0.6 is 0 Å². The number of hydrogen-bond acceptors (Lipinski definition) is 5. The van der Waals surface area contributed by atoms with Gasteiger partial charge in [0.05, 0.1) is 26.4 Å². The van der Waals surface area contributed by atoms with E-state index in [0.717, 1.165) is 11.1 Å². The molecular formula is C25H26N2O5. The average Bonchev–Trinajstić information content (AvgIpc) is 3.53. The third-order valence-corrected chi connectivity index (χ3v) is 5.82. The molecule has 3 aromatic rings. The monoisotopic (exact) mass is 434 g/mol. The number of hydrogen-bond donors (Lipinski definition) is 1. The van der Waals surface area contributed by atoms with Crippen molar-refractivity contribution >= 4 is 11.8 Å². The number of furan rings is 1. The van der Waals surface area contributed by atoms with Crippen molar-refractivity contribution in [1.29, 1.82) is 0 Å². The van der Waals surface area contributed by atoms with Crippen molar-refractivity contribution in [1.82, 2.24) is 10.2 Å². The Kier molecular flexibility index (Phi) is 6.44. The minimum atomic E-state index is -0.446. The fourth-order valence-electron chi connectivity index (χ4n) is 4.23. The minimum Gasteiger partial charge on any atom is -0.493 e. The van der Waals surface area contributed by atoms with Gasteiger partial charge in [0.15, 0.2) is 17.3 Å². The summed E-state index contributed by atoms with van der Waals surface area (Å²) in [6, 6.07) is 18.6. The first-order valence-corrected chi connectivity index (χ1v) is 10.5. The van der Waals surface area contributed by atoms with E-state index in [4.69, 9.17) is 13.9 Å². The fourth-order valence-corrected chi connectivity index (χ4v) is 4.23. The Morgan fingerprint density at radius 3 is 2.50 bits per heavy atom. The maximum absolute atomic E-state index is 13.3. The molecule has 0 aliphatic carbocycles. The van der Waals surface area contributed by atoms with Gasteiger partial charge in [0.25, 0.3) is 5.91 Å². The van der Waals surface area contributed by atoms with E-state index >= 15 is 0 Å². The Morgan fingerprint density at radius 2 is 1.81 bits per heavy atom. The summed E-state index contributed by atoms with van der Waals surface area (Å²) in [5, 5.41) is 3.03. The van der Waals surface area contributed by atoms with Crippen LogP contribution in [0.3, 0.4) is 0 Å².